The Balaban J connectivity index is 1.94. The van der Waals surface area contributed by atoms with E-state index < -0.39 is 6.10 Å². The maximum absolute atomic E-state index is 12.0. The van der Waals surface area contributed by atoms with Gasteiger partial charge in [-0.2, -0.15) is 0 Å². The lowest BCUT2D eigenvalue weighted by Gasteiger charge is -2.10. The van der Waals surface area contributed by atoms with Crippen molar-refractivity contribution in [3.8, 4) is 0 Å². The fourth-order valence-corrected chi connectivity index (χ4v) is 1.76. The van der Waals surface area contributed by atoms with Gasteiger partial charge in [0.25, 0.3) is 5.91 Å². The third kappa shape index (κ3) is 4.73. The lowest BCUT2D eigenvalue weighted by Crippen LogP contribution is -2.20. The van der Waals surface area contributed by atoms with Crippen molar-refractivity contribution in [2.24, 2.45) is 0 Å². The van der Waals surface area contributed by atoms with Crippen LogP contribution >= 0.6 is 11.6 Å². The highest BCUT2D eigenvalue weighted by atomic mass is 35.5. The van der Waals surface area contributed by atoms with Crippen LogP contribution in [0.2, 0.25) is 0 Å². The minimum Gasteiger partial charge on any atom is -0.390 e. The number of nitrogens with one attached hydrogen (secondary N) is 2. The van der Waals surface area contributed by atoms with Crippen LogP contribution < -0.4 is 10.6 Å². The van der Waals surface area contributed by atoms with Crippen LogP contribution in [0.1, 0.15) is 10.4 Å². The number of hydrogen-bond donors (Lipinski definition) is 3. The topological polar surface area (TPSA) is 74.2 Å². The smallest absolute Gasteiger partial charge is 0.256 e. The standard InChI is InChI=1S/C15H16ClN3O2/c16-9-13(20)10-18-12-6-4-11(5-7-12)15(21)19-14-3-1-2-8-17-14/h1-8,13,18,20H,9-10H2,(H,17,19,21). The van der Waals surface area contributed by atoms with Gasteiger partial charge in [0.1, 0.15) is 5.82 Å². The first-order valence-electron chi connectivity index (χ1n) is 6.49. The fourth-order valence-electron chi connectivity index (χ4n) is 1.65. The number of nitrogens with zero attached hydrogens (tertiary/aromatic N) is 1. The summed E-state index contributed by atoms with van der Waals surface area (Å²) in [5.74, 6) is 0.466. The van der Waals surface area contributed by atoms with Gasteiger partial charge in [-0.1, -0.05) is 6.07 Å². The molecule has 0 spiro atoms. The largest absolute Gasteiger partial charge is 0.390 e. The number of benzene rings is 1. The summed E-state index contributed by atoms with van der Waals surface area (Å²) in [5, 5.41) is 15.1. The van der Waals surface area contributed by atoms with Crippen molar-refractivity contribution in [1.29, 1.82) is 0 Å². The van der Waals surface area contributed by atoms with E-state index in [-0.39, 0.29) is 11.8 Å². The zero-order chi connectivity index (χ0) is 15.1. The van der Waals surface area contributed by atoms with E-state index in [1.54, 1.807) is 48.7 Å². The van der Waals surface area contributed by atoms with Crippen molar-refractivity contribution in [3.05, 3.63) is 54.2 Å². The Morgan fingerprint density at radius 1 is 1.24 bits per heavy atom. The van der Waals surface area contributed by atoms with Gasteiger partial charge in [-0.15, -0.1) is 11.6 Å². The lowest BCUT2D eigenvalue weighted by atomic mass is 10.2. The van der Waals surface area contributed by atoms with Gasteiger partial charge in [-0.05, 0) is 36.4 Å². The molecule has 5 nitrogen and oxygen atoms in total. The monoisotopic (exact) mass is 305 g/mol. The quantitative estimate of drug-likeness (QED) is 0.716. The van der Waals surface area contributed by atoms with Gasteiger partial charge in [0.2, 0.25) is 0 Å². The number of pyridine rings is 1. The highest BCUT2D eigenvalue weighted by Gasteiger charge is 2.07. The number of amides is 1. The molecule has 21 heavy (non-hydrogen) atoms. The van der Waals surface area contributed by atoms with Gasteiger partial charge >= 0.3 is 0 Å². The van der Waals surface area contributed by atoms with Crippen molar-refractivity contribution >= 4 is 29.0 Å². The molecule has 2 rings (SSSR count). The summed E-state index contributed by atoms with van der Waals surface area (Å²) in [5.41, 5.74) is 1.35. The van der Waals surface area contributed by atoms with Crippen molar-refractivity contribution < 1.29 is 9.90 Å². The van der Waals surface area contributed by atoms with Crippen molar-refractivity contribution in [2.75, 3.05) is 23.1 Å². The van der Waals surface area contributed by atoms with E-state index in [9.17, 15) is 9.90 Å². The Labute approximate surface area is 128 Å². The Morgan fingerprint density at radius 3 is 2.62 bits per heavy atom. The second-order valence-corrected chi connectivity index (χ2v) is 4.74. The molecule has 110 valence electrons. The third-order valence-electron chi connectivity index (χ3n) is 2.77. The molecule has 0 saturated heterocycles. The molecule has 1 aromatic heterocycles. The summed E-state index contributed by atoms with van der Waals surface area (Å²) in [6, 6.07) is 12.3. The van der Waals surface area contributed by atoms with Gasteiger partial charge in [-0.25, -0.2) is 4.98 Å². The number of carbonyl (C=O) groups excluding carboxylic acids is 1. The highest BCUT2D eigenvalue weighted by molar-refractivity contribution is 6.18. The van der Waals surface area contributed by atoms with Gasteiger partial charge in [0, 0.05) is 24.0 Å². The van der Waals surface area contributed by atoms with Crippen LogP contribution in [0.3, 0.4) is 0 Å². The van der Waals surface area contributed by atoms with E-state index in [0.717, 1.165) is 5.69 Å². The zero-order valence-electron chi connectivity index (χ0n) is 11.3. The molecule has 1 heterocycles. The van der Waals surface area contributed by atoms with Crippen molar-refractivity contribution in [2.45, 2.75) is 6.10 Å². The number of anilines is 2. The molecule has 0 bridgehead atoms. The van der Waals surface area contributed by atoms with E-state index in [1.165, 1.54) is 0 Å². The van der Waals surface area contributed by atoms with E-state index in [4.69, 9.17) is 11.6 Å². The zero-order valence-corrected chi connectivity index (χ0v) is 12.0. The van der Waals surface area contributed by atoms with Crippen LogP contribution in [0.25, 0.3) is 0 Å². The fraction of sp³-hybridized carbons (Fsp3) is 0.200. The second-order valence-electron chi connectivity index (χ2n) is 4.44. The SMILES string of the molecule is O=C(Nc1ccccn1)c1ccc(NCC(O)CCl)cc1. The maximum atomic E-state index is 12.0. The normalized spacial score (nSPS) is 11.7. The average molecular weight is 306 g/mol. The summed E-state index contributed by atoms with van der Waals surface area (Å²) < 4.78 is 0. The number of hydrogen-bond acceptors (Lipinski definition) is 4. The Kier molecular flexibility index (Phi) is 5.54. The molecule has 1 atom stereocenters. The van der Waals surface area contributed by atoms with Crippen LogP contribution in [0.5, 0.6) is 0 Å². The summed E-state index contributed by atoms with van der Waals surface area (Å²) in [6.07, 6.45) is 1.02. The van der Waals surface area contributed by atoms with Gasteiger partial charge in [0.05, 0.1) is 12.0 Å². The number of aromatic nitrogens is 1. The Morgan fingerprint density at radius 2 is 2.00 bits per heavy atom. The number of halogens is 1. The van der Waals surface area contributed by atoms with Crippen molar-refractivity contribution in [1.82, 2.24) is 4.98 Å². The number of rotatable bonds is 6. The molecule has 0 aliphatic rings. The van der Waals surface area contributed by atoms with Gasteiger partial charge < -0.3 is 15.7 Å². The molecule has 1 aromatic carbocycles. The van der Waals surface area contributed by atoms with Crippen LogP contribution in [0, 0.1) is 0 Å². The van der Waals surface area contributed by atoms with Gasteiger partial charge in [-0.3, -0.25) is 4.79 Å². The molecule has 0 aliphatic heterocycles. The van der Waals surface area contributed by atoms with Crippen LogP contribution in [-0.4, -0.2) is 34.5 Å². The minimum atomic E-state index is -0.598. The number of carbonyl (C=O) groups is 1. The third-order valence-corrected chi connectivity index (χ3v) is 3.13. The minimum absolute atomic E-state index is 0.178. The van der Waals surface area contributed by atoms with Crippen LogP contribution in [0.15, 0.2) is 48.7 Å². The van der Waals surface area contributed by atoms with E-state index in [0.29, 0.717) is 17.9 Å². The summed E-state index contributed by atoms with van der Waals surface area (Å²) in [4.78, 5) is 16.0. The molecular weight excluding hydrogens is 290 g/mol. The number of alkyl halides is 1. The first-order valence-corrected chi connectivity index (χ1v) is 7.03. The molecule has 6 heteroatoms. The van der Waals surface area contributed by atoms with E-state index >= 15 is 0 Å². The molecular formula is C15H16ClN3O2. The molecule has 0 aliphatic carbocycles. The maximum Gasteiger partial charge on any atom is 0.256 e. The lowest BCUT2D eigenvalue weighted by molar-refractivity contribution is 0.102. The number of aliphatic hydroxyl groups is 1. The van der Waals surface area contributed by atoms with Crippen molar-refractivity contribution in [3.63, 3.8) is 0 Å². The predicted octanol–water partition coefficient (Wildman–Crippen LogP) is 2.35. The first kappa shape index (κ1) is 15.3. The summed E-state index contributed by atoms with van der Waals surface area (Å²) in [6.45, 7) is 0.364. The molecule has 2 aromatic rings. The average Bonchev–Trinajstić information content (AvgIpc) is 2.54. The summed E-state index contributed by atoms with van der Waals surface area (Å²) >= 11 is 5.51. The summed E-state index contributed by atoms with van der Waals surface area (Å²) in [7, 11) is 0. The Hall–Kier alpha value is -2.11. The molecule has 0 fully saturated rings. The van der Waals surface area contributed by atoms with Crippen LogP contribution in [0.4, 0.5) is 11.5 Å². The van der Waals surface area contributed by atoms with Crippen LogP contribution in [-0.2, 0) is 0 Å². The second kappa shape index (κ2) is 7.61. The highest BCUT2D eigenvalue weighted by Crippen LogP contribution is 2.11. The Bertz CT molecular complexity index is 575. The first-order chi connectivity index (χ1) is 10.2. The molecule has 3 N–H and O–H groups in total. The predicted molar refractivity (Wildman–Crippen MR) is 83.8 cm³/mol. The molecule has 0 saturated carbocycles. The molecule has 1 amide bonds. The van der Waals surface area contributed by atoms with E-state index in [1.807, 2.05) is 0 Å². The van der Waals surface area contributed by atoms with Gasteiger partial charge in [0.15, 0.2) is 0 Å². The number of aliphatic hydroxyl groups excluding tert-OH is 1. The molecule has 0 radical (unpaired) electrons. The molecule has 1 unspecified atom stereocenters. The van der Waals surface area contributed by atoms with E-state index in [2.05, 4.69) is 15.6 Å².